The van der Waals surface area contributed by atoms with Crippen LogP contribution in [0.2, 0.25) is 0 Å². The number of rotatable bonds is 5. The highest BCUT2D eigenvalue weighted by atomic mass is 16.7. The summed E-state index contributed by atoms with van der Waals surface area (Å²) in [6.07, 6.45) is 0. The van der Waals surface area contributed by atoms with Gasteiger partial charge in [-0.3, -0.25) is 9.59 Å². The van der Waals surface area contributed by atoms with Crippen molar-refractivity contribution in [1.29, 1.82) is 0 Å². The van der Waals surface area contributed by atoms with Crippen LogP contribution < -0.4 is 9.47 Å². The summed E-state index contributed by atoms with van der Waals surface area (Å²) in [7, 11) is 0. The minimum absolute atomic E-state index is 0.0928. The number of nitrogens with zero attached hydrogens (tertiary/aromatic N) is 1. The second-order valence-electron chi connectivity index (χ2n) is 5.36. The standard InChI is InChI=1S/C15H19NO5/c1-9(2)16(7-10(3)15(18)19)14(17)11-4-5-12-13(6-11)21-8-20-12/h4-6,9-10H,7-8H2,1-3H3,(H,18,19). The molecule has 0 aliphatic carbocycles. The summed E-state index contributed by atoms with van der Waals surface area (Å²) < 4.78 is 10.5. The number of carboxylic acid groups (broad SMARTS) is 1. The van der Waals surface area contributed by atoms with E-state index in [1.807, 2.05) is 13.8 Å². The van der Waals surface area contributed by atoms with Crippen molar-refractivity contribution in [2.45, 2.75) is 26.8 Å². The lowest BCUT2D eigenvalue weighted by atomic mass is 10.1. The number of fused-ring (bicyclic) bond motifs is 1. The normalized spacial score (nSPS) is 14.1. The van der Waals surface area contributed by atoms with Gasteiger partial charge in [-0.2, -0.15) is 0 Å². The molecular weight excluding hydrogens is 274 g/mol. The molecule has 1 atom stereocenters. The Hall–Kier alpha value is -2.24. The molecule has 1 heterocycles. The molecule has 1 amide bonds. The second kappa shape index (κ2) is 6.03. The first-order valence-electron chi connectivity index (χ1n) is 6.83. The van der Waals surface area contributed by atoms with Crippen molar-refractivity contribution in [2.75, 3.05) is 13.3 Å². The van der Waals surface area contributed by atoms with Gasteiger partial charge in [0.1, 0.15) is 0 Å². The minimum atomic E-state index is -0.917. The number of hydrogen-bond donors (Lipinski definition) is 1. The van der Waals surface area contributed by atoms with Crippen LogP contribution in [0, 0.1) is 5.92 Å². The van der Waals surface area contributed by atoms with Gasteiger partial charge >= 0.3 is 5.97 Å². The van der Waals surface area contributed by atoms with Gasteiger partial charge in [0.15, 0.2) is 11.5 Å². The number of carbonyl (C=O) groups is 2. The topological polar surface area (TPSA) is 76.1 Å². The van der Waals surface area contributed by atoms with E-state index in [0.717, 1.165) is 0 Å². The van der Waals surface area contributed by atoms with Crippen molar-refractivity contribution in [3.8, 4) is 11.5 Å². The van der Waals surface area contributed by atoms with Crippen LogP contribution in [0.3, 0.4) is 0 Å². The monoisotopic (exact) mass is 293 g/mol. The van der Waals surface area contributed by atoms with Crippen LogP contribution in [0.25, 0.3) is 0 Å². The van der Waals surface area contributed by atoms with E-state index in [0.29, 0.717) is 17.1 Å². The van der Waals surface area contributed by atoms with E-state index < -0.39 is 11.9 Å². The van der Waals surface area contributed by atoms with Crippen LogP contribution in [0.15, 0.2) is 18.2 Å². The Morgan fingerprint density at radius 1 is 1.24 bits per heavy atom. The number of aliphatic carboxylic acids is 1. The van der Waals surface area contributed by atoms with Gasteiger partial charge in [0.2, 0.25) is 6.79 Å². The summed E-state index contributed by atoms with van der Waals surface area (Å²) in [5, 5.41) is 9.02. The van der Waals surface area contributed by atoms with E-state index >= 15 is 0 Å². The minimum Gasteiger partial charge on any atom is -0.481 e. The Bertz CT molecular complexity index is 555. The predicted molar refractivity (Wildman–Crippen MR) is 75.5 cm³/mol. The van der Waals surface area contributed by atoms with Crippen molar-refractivity contribution in [3.63, 3.8) is 0 Å². The molecule has 1 aliphatic rings. The number of ether oxygens (including phenoxy) is 2. The fraction of sp³-hybridized carbons (Fsp3) is 0.467. The van der Waals surface area contributed by atoms with Crippen LogP contribution in [0.4, 0.5) is 0 Å². The third-order valence-corrected chi connectivity index (χ3v) is 3.40. The Kier molecular flexibility index (Phi) is 4.35. The Morgan fingerprint density at radius 2 is 1.90 bits per heavy atom. The third kappa shape index (κ3) is 3.26. The fourth-order valence-electron chi connectivity index (χ4n) is 2.10. The molecule has 1 aromatic rings. The van der Waals surface area contributed by atoms with Crippen LogP contribution >= 0.6 is 0 Å². The maximum atomic E-state index is 12.6. The molecule has 0 fully saturated rings. The SMILES string of the molecule is CC(CN(C(=O)c1ccc2c(c1)OCO2)C(C)C)C(=O)O. The van der Waals surface area contributed by atoms with Crippen molar-refractivity contribution in [2.24, 2.45) is 5.92 Å². The molecule has 1 aromatic carbocycles. The van der Waals surface area contributed by atoms with Gasteiger partial charge < -0.3 is 19.5 Å². The zero-order valence-electron chi connectivity index (χ0n) is 12.3. The molecule has 114 valence electrons. The number of hydrogen-bond acceptors (Lipinski definition) is 4. The van der Waals surface area contributed by atoms with E-state index in [1.54, 1.807) is 30.0 Å². The summed E-state index contributed by atoms with van der Waals surface area (Å²) in [5.41, 5.74) is 0.463. The van der Waals surface area contributed by atoms with E-state index in [2.05, 4.69) is 0 Å². The number of carboxylic acids is 1. The van der Waals surface area contributed by atoms with E-state index in [9.17, 15) is 9.59 Å². The molecule has 1 aliphatic heterocycles. The van der Waals surface area contributed by atoms with Crippen molar-refractivity contribution in [1.82, 2.24) is 4.90 Å². The second-order valence-corrected chi connectivity index (χ2v) is 5.36. The summed E-state index contributed by atoms with van der Waals surface area (Å²) >= 11 is 0. The first kappa shape index (κ1) is 15.2. The average molecular weight is 293 g/mol. The number of benzene rings is 1. The van der Waals surface area contributed by atoms with E-state index in [4.69, 9.17) is 14.6 Å². The zero-order valence-corrected chi connectivity index (χ0v) is 12.3. The zero-order chi connectivity index (χ0) is 15.6. The van der Waals surface area contributed by atoms with Gasteiger partial charge in [-0.05, 0) is 32.0 Å². The number of carbonyl (C=O) groups excluding carboxylic acids is 1. The van der Waals surface area contributed by atoms with Crippen molar-refractivity contribution in [3.05, 3.63) is 23.8 Å². The van der Waals surface area contributed by atoms with Gasteiger partial charge in [-0.1, -0.05) is 6.92 Å². The average Bonchev–Trinajstić information content (AvgIpc) is 2.90. The molecule has 0 saturated heterocycles. The highest BCUT2D eigenvalue weighted by Gasteiger charge is 2.25. The summed E-state index contributed by atoms with van der Waals surface area (Å²) in [4.78, 5) is 25.1. The first-order chi connectivity index (χ1) is 9.90. The molecular formula is C15H19NO5. The lowest BCUT2D eigenvalue weighted by Crippen LogP contribution is -2.41. The van der Waals surface area contributed by atoms with Crippen molar-refractivity contribution >= 4 is 11.9 Å². The quantitative estimate of drug-likeness (QED) is 0.898. The highest BCUT2D eigenvalue weighted by molar-refractivity contribution is 5.95. The van der Waals surface area contributed by atoms with E-state index in [-0.39, 0.29) is 25.3 Å². The molecule has 6 nitrogen and oxygen atoms in total. The van der Waals surface area contributed by atoms with Gasteiger partial charge in [0.25, 0.3) is 5.91 Å². The first-order valence-corrected chi connectivity index (χ1v) is 6.83. The largest absolute Gasteiger partial charge is 0.481 e. The molecule has 2 rings (SSSR count). The lowest BCUT2D eigenvalue weighted by Gasteiger charge is -2.28. The van der Waals surface area contributed by atoms with Crippen LogP contribution in [0.1, 0.15) is 31.1 Å². The van der Waals surface area contributed by atoms with Crippen LogP contribution in [0.5, 0.6) is 11.5 Å². The van der Waals surface area contributed by atoms with Gasteiger partial charge in [0, 0.05) is 18.2 Å². The molecule has 0 radical (unpaired) electrons. The molecule has 0 bridgehead atoms. The molecule has 0 aromatic heterocycles. The highest BCUT2D eigenvalue weighted by Crippen LogP contribution is 2.33. The molecule has 6 heteroatoms. The summed E-state index contributed by atoms with van der Waals surface area (Å²) in [5.74, 6) is -0.599. The molecule has 0 spiro atoms. The van der Waals surface area contributed by atoms with Crippen molar-refractivity contribution < 1.29 is 24.2 Å². The number of amides is 1. The molecule has 1 N–H and O–H groups in total. The Labute approximate surface area is 123 Å². The lowest BCUT2D eigenvalue weighted by molar-refractivity contribution is -0.141. The van der Waals surface area contributed by atoms with Gasteiger partial charge in [0.05, 0.1) is 5.92 Å². The van der Waals surface area contributed by atoms with E-state index in [1.165, 1.54) is 0 Å². The maximum absolute atomic E-state index is 12.6. The summed E-state index contributed by atoms with van der Waals surface area (Å²) in [6.45, 7) is 5.63. The third-order valence-electron chi connectivity index (χ3n) is 3.40. The maximum Gasteiger partial charge on any atom is 0.308 e. The molecule has 0 saturated carbocycles. The predicted octanol–water partition coefficient (Wildman–Crippen LogP) is 1.99. The molecule has 21 heavy (non-hydrogen) atoms. The van der Waals surface area contributed by atoms with Crippen LogP contribution in [-0.4, -0.2) is 41.3 Å². The van der Waals surface area contributed by atoms with Crippen LogP contribution in [-0.2, 0) is 4.79 Å². The summed E-state index contributed by atoms with van der Waals surface area (Å²) in [6, 6.07) is 4.89. The fourth-order valence-corrected chi connectivity index (χ4v) is 2.10. The molecule has 1 unspecified atom stereocenters. The Morgan fingerprint density at radius 3 is 2.52 bits per heavy atom. The van der Waals surface area contributed by atoms with Gasteiger partial charge in [-0.15, -0.1) is 0 Å². The smallest absolute Gasteiger partial charge is 0.308 e. The van der Waals surface area contributed by atoms with Gasteiger partial charge in [-0.25, -0.2) is 0 Å². The Balaban J connectivity index is 2.20.